The summed E-state index contributed by atoms with van der Waals surface area (Å²) in [4.78, 5) is 12.6. The molecule has 104 valence electrons. The normalized spacial score (nSPS) is 27.3. The number of ether oxygens (including phenoxy) is 2. The van der Waals surface area contributed by atoms with E-state index in [1.165, 1.54) is 0 Å². The van der Waals surface area contributed by atoms with Crippen LogP contribution in [0.4, 0.5) is 0 Å². The van der Waals surface area contributed by atoms with E-state index in [1.807, 2.05) is 31.3 Å². The number of benzene rings is 1. The maximum absolute atomic E-state index is 12.6. The number of likely N-dealkylation sites (N-methyl/N-ethyl adjacent to an activating group) is 1. The van der Waals surface area contributed by atoms with E-state index in [2.05, 4.69) is 5.32 Å². The SMILES string of the molecule is CN[C@@]1(c2ccc(OC)cc2)CCC[C@@H](OC)C1=O. The summed E-state index contributed by atoms with van der Waals surface area (Å²) in [6, 6.07) is 7.67. The summed E-state index contributed by atoms with van der Waals surface area (Å²) in [6.45, 7) is 0. The van der Waals surface area contributed by atoms with Gasteiger partial charge in [0.15, 0.2) is 5.78 Å². The number of rotatable bonds is 4. The summed E-state index contributed by atoms with van der Waals surface area (Å²) in [5.74, 6) is 0.912. The van der Waals surface area contributed by atoms with Crippen LogP contribution in [0, 0.1) is 0 Å². The van der Waals surface area contributed by atoms with E-state index in [0.717, 1.165) is 30.6 Å². The smallest absolute Gasteiger partial charge is 0.185 e. The lowest BCUT2D eigenvalue weighted by molar-refractivity contribution is -0.139. The van der Waals surface area contributed by atoms with Gasteiger partial charge in [0.05, 0.1) is 7.11 Å². The van der Waals surface area contributed by atoms with E-state index in [0.29, 0.717) is 0 Å². The first-order valence-electron chi connectivity index (χ1n) is 6.58. The van der Waals surface area contributed by atoms with Gasteiger partial charge < -0.3 is 14.8 Å². The molecule has 0 saturated heterocycles. The molecule has 1 aliphatic carbocycles. The number of hydrogen-bond acceptors (Lipinski definition) is 4. The van der Waals surface area contributed by atoms with Crippen molar-refractivity contribution in [2.75, 3.05) is 21.3 Å². The second kappa shape index (κ2) is 5.72. The quantitative estimate of drug-likeness (QED) is 0.901. The molecule has 1 aromatic rings. The van der Waals surface area contributed by atoms with Gasteiger partial charge in [0.1, 0.15) is 17.4 Å². The number of methoxy groups -OCH3 is 2. The van der Waals surface area contributed by atoms with Gasteiger partial charge in [-0.25, -0.2) is 0 Å². The molecule has 0 spiro atoms. The van der Waals surface area contributed by atoms with E-state index >= 15 is 0 Å². The molecule has 2 rings (SSSR count). The van der Waals surface area contributed by atoms with Crippen LogP contribution in [0.1, 0.15) is 24.8 Å². The van der Waals surface area contributed by atoms with Gasteiger partial charge in [-0.3, -0.25) is 4.79 Å². The fourth-order valence-corrected chi connectivity index (χ4v) is 2.86. The van der Waals surface area contributed by atoms with Crippen molar-refractivity contribution in [2.24, 2.45) is 0 Å². The Hall–Kier alpha value is -1.39. The molecule has 0 unspecified atom stereocenters. The lowest BCUT2D eigenvalue weighted by Crippen LogP contribution is -2.54. The first-order valence-corrected chi connectivity index (χ1v) is 6.58. The fourth-order valence-electron chi connectivity index (χ4n) is 2.86. The van der Waals surface area contributed by atoms with E-state index in [4.69, 9.17) is 9.47 Å². The molecule has 19 heavy (non-hydrogen) atoms. The van der Waals surface area contributed by atoms with Crippen LogP contribution >= 0.6 is 0 Å². The van der Waals surface area contributed by atoms with Crippen molar-refractivity contribution in [1.29, 1.82) is 0 Å². The molecule has 0 radical (unpaired) electrons. The molecule has 1 fully saturated rings. The van der Waals surface area contributed by atoms with E-state index in [9.17, 15) is 4.79 Å². The standard InChI is InChI=1S/C15H21NO3/c1-16-15(10-4-5-13(19-3)14(15)17)11-6-8-12(18-2)9-7-11/h6-9,13,16H,4-5,10H2,1-3H3/t13-,15-/m1/s1. The summed E-state index contributed by atoms with van der Waals surface area (Å²) in [5.41, 5.74) is 0.341. The number of ketones is 1. The minimum Gasteiger partial charge on any atom is -0.497 e. The highest BCUT2D eigenvalue weighted by Gasteiger charge is 2.45. The van der Waals surface area contributed by atoms with Crippen LogP contribution in [0.2, 0.25) is 0 Å². The maximum Gasteiger partial charge on any atom is 0.185 e. The number of Topliss-reactive ketones (excluding diaryl/α,β-unsaturated/α-hetero) is 1. The van der Waals surface area contributed by atoms with Crippen molar-refractivity contribution >= 4 is 5.78 Å². The molecule has 0 heterocycles. The van der Waals surface area contributed by atoms with E-state index < -0.39 is 5.54 Å². The first kappa shape index (κ1) is 14.0. The molecule has 1 aromatic carbocycles. The van der Waals surface area contributed by atoms with Gasteiger partial charge in [-0.1, -0.05) is 12.1 Å². The topological polar surface area (TPSA) is 47.6 Å². The second-order valence-corrected chi connectivity index (χ2v) is 4.86. The summed E-state index contributed by atoms with van der Waals surface area (Å²) >= 11 is 0. The average Bonchev–Trinajstić information content (AvgIpc) is 2.48. The molecule has 1 saturated carbocycles. The Bertz CT molecular complexity index is 443. The van der Waals surface area contributed by atoms with Crippen LogP contribution in [0.5, 0.6) is 5.75 Å². The third-order valence-corrected chi connectivity index (χ3v) is 4.03. The Balaban J connectivity index is 2.37. The zero-order valence-electron chi connectivity index (χ0n) is 11.7. The van der Waals surface area contributed by atoms with Crippen LogP contribution in [0.3, 0.4) is 0 Å². The third-order valence-electron chi connectivity index (χ3n) is 4.03. The lowest BCUT2D eigenvalue weighted by Gasteiger charge is -2.39. The molecule has 0 aromatic heterocycles. The van der Waals surface area contributed by atoms with Crippen molar-refractivity contribution in [3.63, 3.8) is 0 Å². The third kappa shape index (κ3) is 2.38. The minimum atomic E-state index is -0.634. The highest BCUT2D eigenvalue weighted by molar-refractivity contribution is 5.94. The number of nitrogens with one attached hydrogen (secondary N) is 1. The van der Waals surface area contributed by atoms with Gasteiger partial charge >= 0.3 is 0 Å². The first-order chi connectivity index (χ1) is 9.17. The predicted octanol–water partition coefficient (Wildman–Crippen LogP) is 1.88. The Kier molecular flexibility index (Phi) is 4.22. The summed E-state index contributed by atoms with van der Waals surface area (Å²) in [5, 5.41) is 3.21. The zero-order valence-corrected chi connectivity index (χ0v) is 11.7. The Morgan fingerprint density at radius 3 is 2.47 bits per heavy atom. The summed E-state index contributed by atoms with van der Waals surface area (Å²) < 4.78 is 10.5. The summed E-state index contributed by atoms with van der Waals surface area (Å²) in [7, 11) is 5.07. The van der Waals surface area contributed by atoms with E-state index in [-0.39, 0.29) is 11.9 Å². The largest absolute Gasteiger partial charge is 0.497 e. The van der Waals surface area contributed by atoms with Crippen LogP contribution in [-0.4, -0.2) is 33.2 Å². The molecule has 4 nitrogen and oxygen atoms in total. The monoisotopic (exact) mass is 263 g/mol. The molecule has 0 bridgehead atoms. The molecule has 1 N–H and O–H groups in total. The second-order valence-electron chi connectivity index (χ2n) is 4.86. The highest BCUT2D eigenvalue weighted by Crippen LogP contribution is 2.35. The van der Waals surface area contributed by atoms with Crippen LogP contribution in [-0.2, 0) is 15.1 Å². The molecular weight excluding hydrogens is 242 g/mol. The van der Waals surface area contributed by atoms with Gasteiger partial charge in [-0.05, 0) is 44.0 Å². The number of carbonyl (C=O) groups excluding carboxylic acids is 1. The molecule has 0 aliphatic heterocycles. The maximum atomic E-state index is 12.6. The fraction of sp³-hybridized carbons (Fsp3) is 0.533. The van der Waals surface area contributed by atoms with Crippen molar-refractivity contribution in [2.45, 2.75) is 30.9 Å². The van der Waals surface area contributed by atoms with Crippen LogP contribution in [0.25, 0.3) is 0 Å². The zero-order chi connectivity index (χ0) is 13.9. The number of hydrogen-bond donors (Lipinski definition) is 1. The van der Waals surface area contributed by atoms with Crippen LogP contribution in [0.15, 0.2) is 24.3 Å². The summed E-state index contributed by atoms with van der Waals surface area (Å²) in [6.07, 6.45) is 2.25. The minimum absolute atomic E-state index is 0.119. The van der Waals surface area contributed by atoms with Crippen molar-refractivity contribution in [1.82, 2.24) is 5.32 Å². The Morgan fingerprint density at radius 2 is 1.95 bits per heavy atom. The lowest BCUT2D eigenvalue weighted by atomic mass is 9.74. The molecule has 0 amide bonds. The van der Waals surface area contributed by atoms with Gasteiger partial charge in [-0.15, -0.1) is 0 Å². The van der Waals surface area contributed by atoms with Gasteiger partial charge in [0, 0.05) is 7.11 Å². The van der Waals surface area contributed by atoms with Crippen LogP contribution < -0.4 is 10.1 Å². The highest BCUT2D eigenvalue weighted by atomic mass is 16.5. The number of carbonyl (C=O) groups is 1. The van der Waals surface area contributed by atoms with Crippen molar-refractivity contribution in [3.8, 4) is 5.75 Å². The average molecular weight is 263 g/mol. The molecular formula is C15H21NO3. The van der Waals surface area contributed by atoms with Gasteiger partial charge in [0.25, 0.3) is 0 Å². The molecule has 2 atom stereocenters. The van der Waals surface area contributed by atoms with Crippen molar-refractivity contribution in [3.05, 3.63) is 29.8 Å². The molecule has 4 heteroatoms. The van der Waals surface area contributed by atoms with E-state index in [1.54, 1.807) is 14.2 Å². The van der Waals surface area contributed by atoms with Gasteiger partial charge in [0.2, 0.25) is 0 Å². The van der Waals surface area contributed by atoms with Gasteiger partial charge in [-0.2, -0.15) is 0 Å². The Labute approximate surface area is 114 Å². The molecule has 1 aliphatic rings. The van der Waals surface area contributed by atoms with Crippen molar-refractivity contribution < 1.29 is 14.3 Å². The Morgan fingerprint density at radius 1 is 1.26 bits per heavy atom. The predicted molar refractivity (Wildman–Crippen MR) is 73.4 cm³/mol.